The molecule has 1 N–H and O–H groups in total. The molecule has 1 aliphatic rings. The van der Waals surface area contributed by atoms with Crippen molar-refractivity contribution in [3.05, 3.63) is 6.33 Å². The number of aromatic nitrogens is 4. The number of tetrazole rings is 1. The quantitative estimate of drug-likeness (QED) is 0.709. The fraction of sp³-hybridized carbons (Fsp3) is 0.818. The van der Waals surface area contributed by atoms with Crippen LogP contribution in [0.25, 0.3) is 0 Å². The second-order valence-corrected chi connectivity index (χ2v) is 4.43. The molecule has 2 rings (SSSR count). The monoisotopic (exact) mass is 269 g/mol. The summed E-state index contributed by atoms with van der Waals surface area (Å²) < 4.78 is 12.4. The van der Waals surface area contributed by atoms with Crippen LogP contribution >= 0.6 is 0 Å². The van der Waals surface area contributed by atoms with Gasteiger partial charge in [-0.05, 0) is 29.7 Å². The van der Waals surface area contributed by atoms with Gasteiger partial charge in [0.15, 0.2) is 0 Å². The minimum Gasteiger partial charge on any atom is -0.376 e. The molecule has 0 bridgehead atoms. The predicted molar refractivity (Wildman–Crippen MR) is 65.2 cm³/mol. The number of carbonyl (C=O) groups excluding carboxylic acids is 1. The highest BCUT2D eigenvalue weighted by atomic mass is 16.5. The van der Waals surface area contributed by atoms with E-state index in [0.717, 1.165) is 19.4 Å². The summed E-state index contributed by atoms with van der Waals surface area (Å²) in [7, 11) is 0. The lowest BCUT2D eigenvalue weighted by molar-refractivity contribution is -0.127. The number of rotatable bonds is 7. The Balaban J connectivity index is 1.49. The maximum Gasteiger partial charge on any atom is 0.246 e. The topological polar surface area (TPSA) is 91.2 Å². The number of hydrogen-bond donors (Lipinski definition) is 1. The third kappa shape index (κ3) is 5.31. The summed E-state index contributed by atoms with van der Waals surface area (Å²) in [6.07, 6.45) is 4.95. The molecule has 1 atom stereocenters. The summed E-state index contributed by atoms with van der Waals surface area (Å²) in [5, 5.41) is 13.4. The SMILES string of the molecule is O=C(COC[C@@H]1CCCCO1)NCCn1cnnn1. The molecule has 8 heteroatoms. The average molecular weight is 269 g/mol. The van der Waals surface area contributed by atoms with Gasteiger partial charge in [-0.2, -0.15) is 0 Å². The summed E-state index contributed by atoms with van der Waals surface area (Å²) >= 11 is 0. The molecule has 0 spiro atoms. The number of hydrogen-bond acceptors (Lipinski definition) is 6. The number of nitrogens with one attached hydrogen (secondary N) is 1. The van der Waals surface area contributed by atoms with Gasteiger partial charge in [-0.15, -0.1) is 5.10 Å². The predicted octanol–water partition coefficient (Wildman–Crippen LogP) is -0.625. The van der Waals surface area contributed by atoms with E-state index in [0.29, 0.717) is 19.7 Å². The maximum absolute atomic E-state index is 11.5. The normalized spacial score (nSPS) is 19.3. The molecule has 1 aromatic heterocycles. The lowest BCUT2D eigenvalue weighted by atomic mass is 10.1. The summed E-state index contributed by atoms with van der Waals surface area (Å²) in [5.41, 5.74) is 0. The van der Waals surface area contributed by atoms with Gasteiger partial charge in [0, 0.05) is 13.2 Å². The highest BCUT2D eigenvalue weighted by Gasteiger charge is 2.14. The van der Waals surface area contributed by atoms with Crippen molar-refractivity contribution in [3.8, 4) is 0 Å². The van der Waals surface area contributed by atoms with E-state index < -0.39 is 0 Å². The molecule has 1 fully saturated rings. The molecule has 1 aliphatic heterocycles. The highest BCUT2D eigenvalue weighted by Crippen LogP contribution is 2.12. The van der Waals surface area contributed by atoms with Crippen molar-refractivity contribution < 1.29 is 14.3 Å². The molecule has 0 aliphatic carbocycles. The number of amides is 1. The van der Waals surface area contributed by atoms with Crippen LogP contribution in [0.15, 0.2) is 6.33 Å². The molecule has 0 unspecified atom stereocenters. The Bertz CT molecular complexity index is 364. The highest BCUT2D eigenvalue weighted by molar-refractivity contribution is 5.77. The fourth-order valence-corrected chi connectivity index (χ4v) is 1.87. The summed E-state index contributed by atoms with van der Waals surface area (Å²) in [4.78, 5) is 11.5. The molecule has 2 heterocycles. The fourth-order valence-electron chi connectivity index (χ4n) is 1.87. The number of ether oxygens (including phenoxy) is 2. The molecule has 8 nitrogen and oxygen atoms in total. The Kier molecular flexibility index (Phi) is 5.70. The van der Waals surface area contributed by atoms with E-state index in [9.17, 15) is 4.79 Å². The van der Waals surface area contributed by atoms with E-state index in [4.69, 9.17) is 9.47 Å². The first-order valence-corrected chi connectivity index (χ1v) is 6.51. The van der Waals surface area contributed by atoms with Gasteiger partial charge in [0.05, 0.1) is 19.3 Å². The van der Waals surface area contributed by atoms with Gasteiger partial charge < -0.3 is 14.8 Å². The summed E-state index contributed by atoms with van der Waals surface area (Å²) in [6, 6.07) is 0. The average Bonchev–Trinajstić information content (AvgIpc) is 2.93. The van der Waals surface area contributed by atoms with Crippen molar-refractivity contribution in [3.63, 3.8) is 0 Å². The first-order valence-electron chi connectivity index (χ1n) is 6.51. The molecule has 1 amide bonds. The second-order valence-electron chi connectivity index (χ2n) is 4.43. The van der Waals surface area contributed by atoms with Crippen molar-refractivity contribution in [2.45, 2.75) is 31.9 Å². The molecule has 0 saturated carbocycles. The van der Waals surface area contributed by atoms with E-state index in [2.05, 4.69) is 20.8 Å². The molecular formula is C11H19N5O3. The van der Waals surface area contributed by atoms with Crippen molar-refractivity contribution in [1.82, 2.24) is 25.5 Å². The van der Waals surface area contributed by atoms with Crippen molar-refractivity contribution in [2.75, 3.05) is 26.4 Å². The van der Waals surface area contributed by atoms with Crippen LogP contribution in [-0.2, 0) is 20.8 Å². The van der Waals surface area contributed by atoms with Crippen molar-refractivity contribution in [1.29, 1.82) is 0 Å². The zero-order valence-electron chi connectivity index (χ0n) is 10.8. The molecule has 0 aromatic carbocycles. The lowest BCUT2D eigenvalue weighted by Gasteiger charge is -2.22. The smallest absolute Gasteiger partial charge is 0.246 e. The molecule has 1 saturated heterocycles. The van der Waals surface area contributed by atoms with Gasteiger partial charge in [0.25, 0.3) is 0 Å². The van der Waals surface area contributed by atoms with Crippen molar-refractivity contribution >= 4 is 5.91 Å². The first-order chi connectivity index (χ1) is 9.34. The van der Waals surface area contributed by atoms with Gasteiger partial charge >= 0.3 is 0 Å². The van der Waals surface area contributed by atoms with Crippen LogP contribution in [0, 0.1) is 0 Å². The Hall–Kier alpha value is -1.54. The van der Waals surface area contributed by atoms with Crippen LogP contribution in [0.1, 0.15) is 19.3 Å². The van der Waals surface area contributed by atoms with Crippen LogP contribution in [0.5, 0.6) is 0 Å². The first kappa shape index (κ1) is 13.9. The zero-order chi connectivity index (χ0) is 13.3. The van der Waals surface area contributed by atoms with Crippen LogP contribution in [-0.4, -0.2) is 58.6 Å². The Morgan fingerprint density at radius 2 is 2.47 bits per heavy atom. The Morgan fingerprint density at radius 1 is 1.53 bits per heavy atom. The van der Waals surface area contributed by atoms with Gasteiger partial charge in [-0.1, -0.05) is 0 Å². The van der Waals surface area contributed by atoms with Gasteiger partial charge in [-0.3, -0.25) is 4.79 Å². The van der Waals surface area contributed by atoms with Gasteiger partial charge in [0.1, 0.15) is 12.9 Å². The molecule has 19 heavy (non-hydrogen) atoms. The zero-order valence-corrected chi connectivity index (χ0v) is 10.8. The van der Waals surface area contributed by atoms with Crippen LogP contribution in [0.2, 0.25) is 0 Å². The number of carbonyl (C=O) groups is 1. The second kappa shape index (κ2) is 7.80. The largest absolute Gasteiger partial charge is 0.376 e. The molecule has 0 radical (unpaired) electrons. The van der Waals surface area contributed by atoms with E-state index >= 15 is 0 Å². The Labute approximate surface area is 111 Å². The summed E-state index contributed by atoms with van der Waals surface area (Å²) in [5.74, 6) is -0.135. The third-order valence-corrected chi connectivity index (χ3v) is 2.87. The molecular weight excluding hydrogens is 250 g/mol. The molecule has 106 valence electrons. The summed E-state index contributed by atoms with van der Waals surface area (Å²) in [6.45, 7) is 2.37. The van der Waals surface area contributed by atoms with Gasteiger partial charge in [0.2, 0.25) is 5.91 Å². The van der Waals surface area contributed by atoms with E-state index in [-0.39, 0.29) is 18.6 Å². The maximum atomic E-state index is 11.5. The van der Waals surface area contributed by atoms with Crippen LogP contribution < -0.4 is 5.32 Å². The van der Waals surface area contributed by atoms with E-state index in [1.807, 2.05) is 0 Å². The van der Waals surface area contributed by atoms with Gasteiger partial charge in [-0.25, -0.2) is 4.68 Å². The van der Waals surface area contributed by atoms with E-state index in [1.54, 1.807) is 4.68 Å². The lowest BCUT2D eigenvalue weighted by Crippen LogP contribution is -2.32. The minimum absolute atomic E-state index is 0.0649. The molecule has 1 aromatic rings. The van der Waals surface area contributed by atoms with Crippen LogP contribution in [0.3, 0.4) is 0 Å². The number of nitrogens with zero attached hydrogens (tertiary/aromatic N) is 4. The van der Waals surface area contributed by atoms with Crippen LogP contribution in [0.4, 0.5) is 0 Å². The third-order valence-electron chi connectivity index (χ3n) is 2.87. The Morgan fingerprint density at radius 3 is 3.21 bits per heavy atom. The van der Waals surface area contributed by atoms with Crippen molar-refractivity contribution in [2.24, 2.45) is 0 Å². The van der Waals surface area contributed by atoms with E-state index in [1.165, 1.54) is 12.7 Å². The minimum atomic E-state index is -0.135. The standard InChI is InChI=1S/C11H19N5O3/c17-11(12-4-5-16-9-13-14-15-16)8-18-7-10-3-1-2-6-19-10/h9-10H,1-8H2,(H,12,17)/t10-/m0/s1.